The van der Waals surface area contributed by atoms with Crippen molar-refractivity contribution < 1.29 is 4.79 Å². The van der Waals surface area contributed by atoms with Crippen LogP contribution in [0.1, 0.15) is 12.0 Å². The van der Waals surface area contributed by atoms with E-state index in [0.717, 1.165) is 28.0 Å². The number of para-hydroxylation sites is 2. The number of carbonyl (C=O) groups is 1. The molecular weight excluding hydrogens is 298 g/mol. The summed E-state index contributed by atoms with van der Waals surface area (Å²) in [5.41, 5.74) is 4.04. The number of aromatic amines is 1. The van der Waals surface area contributed by atoms with Gasteiger partial charge in [-0.15, -0.1) is 11.6 Å². The molecular formula is C17H16ClN3O. The smallest absolute Gasteiger partial charge is 0.221 e. The molecule has 0 spiro atoms. The van der Waals surface area contributed by atoms with Gasteiger partial charge in [0, 0.05) is 24.4 Å². The molecule has 1 amide bonds. The van der Waals surface area contributed by atoms with Crippen LogP contribution in [0.25, 0.3) is 22.4 Å². The minimum absolute atomic E-state index is 0.0311. The fourth-order valence-electron chi connectivity index (χ4n) is 2.24. The Hall–Kier alpha value is -2.33. The Labute approximate surface area is 133 Å². The number of aromatic nitrogens is 2. The highest BCUT2D eigenvalue weighted by Crippen LogP contribution is 2.20. The van der Waals surface area contributed by atoms with Crippen LogP contribution in [-0.2, 0) is 11.3 Å². The Kier molecular flexibility index (Phi) is 4.39. The number of alkyl halides is 1. The molecule has 1 heterocycles. The Balaban J connectivity index is 1.72. The SMILES string of the molecule is O=C(CCCl)NCc1ccc(-c2nc3ccccc3[nH]2)cc1. The van der Waals surface area contributed by atoms with Gasteiger partial charge in [0.05, 0.1) is 11.0 Å². The zero-order valence-electron chi connectivity index (χ0n) is 12.0. The molecule has 4 nitrogen and oxygen atoms in total. The third kappa shape index (κ3) is 3.28. The number of amides is 1. The standard InChI is InChI=1S/C17H16ClN3O/c18-10-9-16(22)19-11-12-5-7-13(8-6-12)17-20-14-3-1-2-4-15(14)21-17/h1-8H,9-11H2,(H,19,22)(H,20,21). The molecule has 0 saturated carbocycles. The van der Waals surface area contributed by atoms with E-state index in [2.05, 4.69) is 15.3 Å². The van der Waals surface area contributed by atoms with E-state index in [0.29, 0.717) is 18.8 Å². The molecule has 0 aliphatic rings. The second kappa shape index (κ2) is 6.62. The fourth-order valence-corrected chi connectivity index (χ4v) is 2.42. The lowest BCUT2D eigenvalue weighted by Gasteiger charge is -2.05. The second-order valence-corrected chi connectivity index (χ2v) is 5.39. The predicted octanol–water partition coefficient (Wildman–Crippen LogP) is 3.48. The number of hydrogen-bond acceptors (Lipinski definition) is 2. The van der Waals surface area contributed by atoms with Crippen molar-refractivity contribution in [2.24, 2.45) is 0 Å². The summed E-state index contributed by atoms with van der Waals surface area (Å²) in [6.45, 7) is 0.510. The van der Waals surface area contributed by atoms with Crippen molar-refractivity contribution in [3.05, 3.63) is 54.1 Å². The first-order valence-electron chi connectivity index (χ1n) is 7.13. The number of rotatable bonds is 5. The zero-order chi connectivity index (χ0) is 15.4. The maximum Gasteiger partial charge on any atom is 0.221 e. The maximum absolute atomic E-state index is 11.4. The number of carbonyl (C=O) groups excluding carboxylic acids is 1. The molecule has 0 fully saturated rings. The van der Waals surface area contributed by atoms with Crippen LogP contribution < -0.4 is 5.32 Å². The summed E-state index contributed by atoms with van der Waals surface area (Å²) >= 11 is 5.53. The summed E-state index contributed by atoms with van der Waals surface area (Å²) in [6, 6.07) is 15.9. The Morgan fingerprint density at radius 1 is 1.14 bits per heavy atom. The van der Waals surface area contributed by atoms with Crippen LogP contribution >= 0.6 is 11.6 Å². The largest absolute Gasteiger partial charge is 0.352 e. The first kappa shape index (κ1) is 14.6. The van der Waals surface area contributed by atoms with Crippen LogP contribution in [0, 0.1) is 0 Å². The topological polar surface area (TPSA) is 57.8 Å². The lowest BCUT2D eigenvalue weighted by Crippen LogP contribution is -2.22. The van der Waals surface area contributed by atoms with Gasteiger partial charge in [0.15, 0.2) is 0 Å². The van der Waals surface area contributed by atoms with Crippen molar-refractivity contribution in [1.82, 2.24) is 15.3 Å². The molecule has 0 aliphatic heterocycles. The van der Waals surface area contributed by atoms with E-state index >= 15 is 0 Å². The predicted molar refractivity (Wildman–Crippen MR) is 88.7 cm³/mol. The van der Waals surface area contributed by atoms with E-state index in [4.69, 9.17) is 11.6 Å². The normalized spacial score (nSPS) is 10.8. The molecule has 2 N–H and O–H groups in total. The quantitative estimate of drug-likeness (QED) is 0.709. The summed E-state index contributed by atoms with van der Waals surface area (Å²) in [6.07, 6.45) is 0.346. The molecule has 5 heteroatoms. The monoisotopic (exact) mass is 313 g/mol. The molecule has 22 heavy (non-hydrogen) atoms. The number of imidazole rings is 1. The van der Waals surface area contributed by atoms with E-state index in [1.54, 1.807) is 0 Å². The molecule has 0 atom stereocenters. The minimum Gasteiger partial charge on any atom is -0.352 e. The van der Waals surface area contributed by atoms with Gasteiger partial charge in [-0.05, 0) is 17.7 Å². The van der Waals surface area contributed by atoms with Crippen molar-refractivity contribution >= 4 is 28.5 Å². The molecule has 0 aliphatic carbocycles. The van der Waals surface area contributed by atoms with Crippen LogP contribution in [0.3, 0.4) is 0 Å². The van der Waals surface area contributed by atoms with E-state index in [9.17, 15) is 4.79 Å². The third-order valence-electron chi connectivity index (χ3n) is 3.43. The number of halogens is 1. The number of H-pyrrole nitrogens is 1. The summed E-state index contributed by atoms with van der Waals surface area (Å²) in [7, 11) is 0. The fraction of sp³-hybridized carbons (Fsp3) is 0.176. The summed E-state index contributed by atoms with van der Waals surface area (Å²) < 4.78 is 0. The zero-order valence-corrected chi connectivity index (χ0v) is 12.7. The molecule has 112 valence electrons. The number of nitrogens with zero attached hydrogens (tertiary/aromatic N) is 1. The van der Waals surface area contributed by atoms with E-state index < -0.39 is 0 Å². The van der Waals surface area contributed by atoms with Gasteiger partial charge in [-0.1, -0.05) is 36.4 Å². The van der Waals surface area contributed by atoms with Crippen LogP contribution in [0.2, 0.25) is 0 Å². The molecule has 3 rings (SSSR count). The van der Waals surface area contributed by atoms with Gasteiger partial charge in [0.2, 0.25) is 5.91 Å². The Bertz CT molecular complexity index is 747. The molecule has 0 saturated heterocycles. The maximum atomic E-state index is 11.4. The third-order valence-corrected chi connectivity index (χ3v) is 3.62. The lowest BCUT2D eigenvalue weighted by atomic mass is 10.1. The first-order chi connectivity index (χ1) is 10.8. The lowest BCUT2D eigenvalue weighted by molar-refractivity contribution is -0.120. The van der Waals surface area contributed by atoms with Crippen LogP contribution in [0.5, 0.6) is 0 Å². The molecule has 0 radical (unpaired) electrons. The first-order valence-corrected chi connectivity index (χ1v) is 7.66. The van der Waals surface area contributed by atoms with Crippen molar-refractivity contribution in [2.45, 2.75) is 13.0 Å². The van der Waals surface area contributed by atoms with Gasteiger partial charge in [0.25, 0.3) is 0 Å². The average molecular weight is 314 g/mol. The molecule has 1 aromatic heterocycles. The highest BCUT2D eigenvalue weighted by atomic mass is 35.5. The van der Waals surface area contributed by atoms with Crippen LogP contribution in [0.15, 0.2) is 48.5 Å². The molecule has 0 unspecified atom stereocenters. The van der Waals surface area contributed by atoms with Gasteiger partial charge in [0.1, 0.15) is 5.82 Å². The number of benzene rings is 2. The average Bonchev–Trinajstić information content (AvgIpc) is 2.98. The van der Waals surface area contributed by atoms with Crippen molar-refractivity contribution in [1.29, 1.82) is 0 Å². The molecule has 3 aromatic rings. The highest BCUT2D eigenvalue weighted by molar-refractivity contribution is 6.18. The van der Waals surface area contributed by atoms with E-state index in [-0.39, 0.29) is 5.91 Å². The van der Waals surface area contributed by atoms with E-state index in [1.165, 1.54) is 0 Å². The van der Waals surface area contributed by atoms with Crippen molar-refractivity contribution in [2.75, 3.05) is 5.88 Å². The number of nitrogens with one attached hydrogen (secondary N) is 2. The number of fused-ring (bicyclic) bond motifs is 1. The highest BCUT2D eigenvalue weighted by Gasteiger charge is 2.05. The summed E-state index contributed by atoms with van der Waals surface area (Å²) in [4.78, 5) is 19.3. The van der Waals surface area contributed by atoms with Crippen molar-refractivity contribution in [3.8, 4) is 11.4 Å². The Morgan fingerprint density at radius 2 is 1.91 bits per heavy atom. The summed E-state index contributed by atoms with van der Waals surface area (Å²) in [5, 5.41) is 2.83. The minimum atomic E-state index is -0.0311. The van der Waals surface area contributed by atoms with E-state index in [1.807, 2.05) is 48.5 Å². The van der Waals surface area contributed by atoms with Gasteiger partial charge in [-0.25, -0.2) is 4.98 Å². The molecule has 0 bridgehead atoms. The van der Waals surface area contributed by atoms with Gasteiger partial charge in [-0.3, -0.25) is 4.79 Å². The van der Waals surface area contributed by atoms with Gasteiger partial charge < -0.3 is 10.3 Å². The Morgan fingerprint density at radius 3 is 2.64 bits per heavy atom. The van der Waals surface area contributed by atoms with Crippen molar-refractivity contribution in [3.63, 3.8) is 0 Å². The summed E-state index contributed by atoms with van der Waals surface area (Å²) in [5.74, 6) is 1.16. The number of hydrogen-bond donors (Lipinski definition) is 2. The van der Waals surface area contributed by atoms with Gasteiger partial charge in [-0.2, -0.15) is 0 Å². The van der Waals surface area contributed by atoms with Crippen LogP contribution in [-0.4, -0.2) is 21.8 Å². The van der Waals surface area contributed by atoms with Crippen LogP contribution in [0.4, 0.5) is 0 Å². The second-order valence-electron chi connectivity index (χ2n) is 5.02. The molecule has 2 aromatic carbocycles. The van der Waals surface area contributed by atoms with Gasteiger partial charge >= 0.3 is 0 Å².